The third-order valence-electron chi connectivity index (χ3n) is 4.29. The third-order valence-corrected chi connectivity index (χ3v) is 4.29. The second kappa shape index (κ2) is 9.11. The minimum Gasteiger partial charge on any atom is -0.371 e. The van der Waals surface area contributed by atoms with Crippen LogP contribution in [0.15, 0.2) is 54.6 Å². The Balaban J connectivity index is 1.94. The molecule has 2 aromatic carbocycles. The van der Waals surface area contributed by atoms with Crippen LogP contribution in [0.2, 0.25) is 0 Å². The number of hydrogen-bond acceptors (Lipinski definition) is 2. The normalized spacial score (nSPS) is 10.5. The van der Waals surface area contributed by atoms with Gasteiger partial charge in [-0.05, 0) is 44.0 Å². The van der Waals surface area contributed by atoms with Gasteiger partial charge in [-0.15, -0.1) is 0 Å². The van der Waals surface area contributed by atoms with Gasteiger partial charge in [0.25, 0.3) is 0 Å². The SMILES string of the molecule is CCN(Cc1ccccc1)C(=O)CCN(CC)c1cccc(C)c1. The number of nitrogens with zero attached hydrogens (tertiary/aromatic N) is 2. The summed E-state index contributed by atoms with van der Waals surface area (Å²) >= 11 is 0. The van der Waals surface area contributed by atoms with E-state index in [-0.39, 0.29) is 5.91 Å². The largest absolute Gasteiger partial charge is 0.371 e. The van der Waals surface area contributed by atoms with Gasteiger partial charge in [0.05, 0.1) is 0 Å². The molecule has 0 aliphatic carbocycles. The van der Waals surface area contributed by atoms with Crippen LogP contribution in [0.4, 0.5) is 5.69 Å². The van der Waals surface area contributed by atoms with Crippen molar-refractivity contribution in [3.63, 3.8) is 0 Å². The summed E-state index contributed by atoms with van der Waals surface area (Å²) in [4.78, 5) is 16.8. The number of hydrogen-bond donors (Lipinski definition) is 0. The maximum atomic E-state index is 12.6. The Labute approximate surface area is 145 Å². The molecule has 1 amide bonds. The van der Waals surface area contributed by atoms with Crippen molar-refractivity contribution in [3.8, 4) is 0 Å². The number of aryl methyl sites for hydroxylation is 1. The Morgan fingerprint density at radius 1 is 0.958 bits per heavy atom. The standard InChI is InChI=1S/C21H28N2O/c1-4-22(20-13-9-10-18(3)16-20)15-14-21(24)23(5-2)17-19-11-7-6-8-12-19/h6-13,16H,4-5,14-15,17H2,1-3H3. The van der Waals surface area contributed by atoms with Crippen LogP contribution in [0.3, 0.4) is 0 Å². The van der Waals surface area contributed by atoms with E-state index in [9.17, 15) is 4.79 Å². The van der Waals surface area contributed by atoms with Crippen molar-refractivity contribution in [2.45, 2.75) is 33.7 Å². The van der Waals surface area contributed by atoms with E-state index in [2.05, 4.69) is 55.1 Å². The fourth-order valence-corrected chi connectivity index (χ4v) is 2.86. The van der Waals surface area contributed by atoms with Gasteiger partial charge in [0, 0.05) is 38.3 Å². The summed E-state index contributed by atoms with van der Waals surface area (Å²) in [5.74, 6) is 0.215. The lowest BCUT2D eigenvalue weighted by Gasteiger charge is -2.26. The van der Waals surface area contributed by atoms with Crippen LogP contribution < -0.4 is 4.90 Å². The Bertz CT molecular complexity index is 639. The molecule has 24 heavy (non-hydrogen) atoms. The first-order valence-electron chi connectivity index (χ1n) is 8.77. The van der Waals surface area contributed by atoms with Crippen molar-refractivity contribution in [1.29, 1.82) is 0 Å². The van der Waals surface area contributed by atoms with E-state index in [4.69, 9.17) is 0 Å². The zero-order chi connectivity index (χ0) is 17.4. The van der Waals surface area contributed by atoms with Crippen molar-refractivity contribution >= 4 is 11.6 Å². The topological polar surface area (TPSA) is 23.6 Å². The molecule has 128 valence electrons. The summed E-state index contributed by atoms with van der Waals surface area (Å²) in [6.07, 6.45) is 0.544. The molecule has 0 aliphatic heterocycles. The average molecular weight is 324 g/mol. The zero-order valence-corrected chi connectivity index (χ0v) is 15.0. The first-order valence-corrected chi connectivity index (χ1v) is 8.77. The minimum atomic E-state index is 0.215. The fourth-order valence-electron chi connectivity index (χ4n) is 2.86. The summed E-state index contributed by atoms with van der Waals surface area (Å²) in [6, 6.07) is 18.6. The maximum Gasteiger partial charge on any atom is 0.224 e. The predicted molar refractivity (Wildman–Crippen MR) is 101 cm³/mol. The van der Waals surface area contributed by atoms with Gasteiger partial charge in [-0.3, -0.25) is 4.79 Å². The molecule has 3 nitrogen and oxygen atoms in total. The van der Waals surface area contributed by atoms with Crippen molar-refractivity contribution in [2.75, 3.05) is 24.5 Å². The lowest BCUT2D eigenvalue weighted by molar-refractivity contribution is -0.131. The monoisotopic (exact) mass is 324 g/mol. The Kier molecular flexibility index (Phi) is 6.86. The predicted octanol–water partition coefficient (Wildman–Crippen LogP) is 4.26. The van der Waals surface area contributed by atoms with Crippen molar-refractivity contribution in [1.82, 2.24) is 4.90 Å². The molecule has 0 atom stereocenters. The number of anilines is 1. The Hall–Kier alpha value is -2.29. The van der Waals surface area contributed by atoms with Gasteiger partial charge in [0.15, 0.2) is 0 Å². The van der Waals surface area contributed by atoms with Gasteiger partial charge in [0.1, 0.15) is 0 Å². The molecule has 0 aromatic heterocycles. The molecule has 0 aliphatic rings. The van der Waals surface area contributed by atoms with E-state index in [0.29, 0.717) is 13.0 Å². The summed E-state index contributed by atoms with van der Waals surface area (Å²) in [6.45, 7) is 9.36. The van der Waals surface area contributed by atoms with E-state index < -0.39 is 0 Å². The molecule has 0 heterocycles. The second-order valence-corrected chi connectivity index (χ2v) is 6.06. The number of rotatable bonds is 8. The van der Waals surface area contributed by atoms with Crippen molar-refractivity contribution in [3.05, 3.63) is 65.7 Å². The number of carbonyl (C=O) groups excluding carboxylic acids is 1. The highest BCUT2D eigenvalue weighted by molar-refractivity contribution is 5.76. The van der Waals surface area contributed by atoms with Gasteiger partial charge in [-0.2, -0.15) is 0 Å². The van der Waals surface area contributed by atoms with Crippen LogP contribution in [0.1, 0.15) is 31.4 Å². The molecule has 0 radical (unpaired) electrons. The van der Waals surface area contributed by atoms with Gasteiger partial charge >= 0.3 is 0 Å². The van der Waals surface area contributed by atoms with Gasteiger partial charge in [-0.25, -0.2) is 0 Å². The van der Waals surface area contributed by atoms with E-state index in [1.54, 1.807) is 0 Å². The van der Waals surface area contributed by atoms with Crippen LogP contribution in [-0.2, 0) is 11.3 Å². The smallest absolute Gasteiger partial charge is 0.224 e. The number of amides is 1. The van der Waals surface area contributed by atoms with Gasteiger partial charge in [0.2, 0.25) is 5.91 Å². The highest BCUT2D eigenvalue weighted by Gasteiger charge is 2.14. The summed E-state index contributed by atoms with van der Waals surface area (Å²) < 4.78 is 0. The molecule has 0 spiro atoms. The molecule has 3 heteroatoms. The quantitative estimate of drug-likeness (QED) is 0.724. The summed E-state index contributed by atoms with van der Waals surface area (Å²) in [5, 5.41) is 0. The lowest BCUT2D eigenvalue weighted by atomic mass is 10.2. The van der Waals surface area contributed by atoms with E-state index in [1.807, 2.05) is 30.0 Å². The molecule has 0 N–H and O–H groups in total. The van der Waals surface area contributed by atoms with Crippen molar-refractivity contribution < 1.29 is 4.79 Å². The molecule has 0 saturated carbocycles. The first-order chi connectivity index (χ1) is 11.6. The summed E-state index contributed by atoms with van der Waals surface area (Å²) in [5.41, 5.74) is 3.62. The van der Waals surface area contributed by atoms with E-state index in [0.717, 1.165) is 19.6 Å². The molecule has 2 aromatic rings. The Morgan fingerprint density at radius 3 is 2.33 bits per heavy atom. The van der Waals surface area contributed by atoms with Crippen LogP contribution >= 0.6 is 0 Å². The minimum absolute atomic E-state index is 0.215. The molecule has 0 bridgehead atoms. The molecular formula is C21H28N2O. The highest BCUT2D eigenvalue weighted by Crippen LogP contribution is 2.16. The van der Waals surface area contributed by atoms with Crippen LogP contribution in [-0.4, -0.2) is 30.4 Å². The van der Waals surface area contributed by atoms with Crippen molar-refractivity contribution in [2.24, 2.45) is 0 Å². The van der Waals surface area contributed by atoms with Crippen LogP contribution in [0.25, 0.3) is 0 Å². The van der Waals surface area contributed by atoms with Crippen LogP contribution in [0.5, 0.6) is 0 Å². The molecule has 0 saturated heterocycles. The first kappa shape index (κ1) is 18.1. The summed E-state index contributed by atoms with van der Waals surface area (Å²) in [7, 11) is 0. The van der Waals surface area contributed by atoms with E-state index >= 15 is 0 Å². The average Bonchev–Trinajstić information content (AvgIpc) is 2.61. The molecule has 0 unspecified atom stereocenters. The zero-order valence-electron chi connectivity index (χ0n) is 15.0. The maximum absolute atomic E-state index is 12.6. The van der Waals surface area contributed by atoms with Gasteiger partial charge in [-0.1, -0.05) is 42.5 Å². The second-order valence-electron chi connectivity index (χ2n) is 6.06. The highest BCUT2D eigenvalue weighted by atomic mass is 16.2. The van der Waals surface area contributed by atoms with Gasteiger partial charge < -0.3 is 9.80 Å². The van der Waals surface area contributed by atoms with Crippen LogP contribution in [0, 0.1) is 6.92 Å². The molecular weight excluding hydrogens is 296 g/mol. The fraction of sp³-hybridized carbons (Fsp3) is 0.381. The Morgan fingerprint density at radius 2 is 1.71 bits per heavy atom. The third kappa shape index (κ3) is 5.12. The number of carbonyl (C=O) groups is 1. The molecule has 0 fully saturated rings. The number of benzene rings is 2. The lowest BCUT2D eigenvalue weighted by Crippen LogP contribution is -2.34. The van der Waals surface area contributed by atoms with E-state index in [1.165, 1.54) is 16.8 Å². The molecule has 2 rings (SSSR count).